The van der Waals surface area contributed by atoms with Crippen molar-refractivity contribution in [1.82, 2.24) is 5.32 Å². The highest BCUT2D eigenvalue weighted by Gasteiger charge is 2.27. The van der Waals surface area contributed by atoms with Gasteiger partial charge in [-0.25, -0.2) is 0 Å². The molecule has 19 heavy (non-hydrogen) atoms. The van der Waals surface area contributed by atoms with Gasteiger partial charge in [-0.3, -0.25) is 0 Å². The molecule has 0 heterocycles. The Bertz CT molecular complexity index is 208. The molecule has 1 nitrogen and oxygen atoms in total. The van der Waals surface area contributed by atoms with Gasteiger partial charge in [-0.2, -0.15) is 0 Å². The summed E-state index contributed by atoms with van der Waals surface area (Å²) in [6, 6.07) is 0.817. The minimum atomic E-state index is 0.414. The molecule has 0 aromatic carbocycles. The molecule has 0 amide bonds. The molecule has 1 heteroatoms. The van der Waals surface area contributed by atoms with Gasteiger partial charge in [0, 0.05) is 11.6 Å². The van der Waals surface area contributed by atoms with E-state index in [1.165, 1.54) is 83.5 Å². The molecule has 0 aromatic rings. The van der Waals surface area contributed by atoms with E-state index in [2.05, 4.69) is 26.1 Å². The Morgan fingerprint density at radius 3 is 2.05 bits per heavy atom. The van der Waals surface area contributed by atoms with Gasteiger partial charge in [0.05, 0.1) is 0 Å². The number of hydrogen-bond donors (Lipinski definition) is 1. The lowest BCUT2D eigenvalue weighted by Gasteiger charge is -2.34. The Hall–Kier alpha value is -0.0400. The SMILES string of the molecule is CCCCCCCC(C)(CCCC)NC1CCCC1. The molecule has 0 aliphatic heterocycles. The van der Waals surface area contributed by atoms with Crippen LogP contribution in [0.5, 0.6) is 0 Å². The van der Waals surface area contributed by atoms with Crippen molar-refractivity contribution in [2.45, 2.75) is 116 Å². The molecule has 1 unspecified atom stereocenters. The van der Waals surface area contributed by atoms with Gasteiger partial charge in [0.15, 0.2) is 0 Å². The van der Waals surface area contributed by atoms with Crippen molar-refractivity contribution >= 4 is 0 Å². The molecule has 1 N–H and O–H groups in total. The van der Waals surface area contributed by atoms with Gasteiger partial charge < -0.3 is 5.32 Å². The molecule has 0 radical (unpaired) electrons. The van der Waals surface area contributed by atoms with Crippen LogP contribution in [-0.4, -0.2) is 11.6 Å². The summed E-state index contributed by atoms with van der Waals surface area (Å²) in [6.45, 7) is 7.10. The Morgan fingerprint density at radius 1 is 0.842 bits per heavy atom. The number of hydrogen-bond acceptors (Lipinski definition) is 1. The van der Waals surface area contributed by atoms with Crippen LogP contribution < -0.4 is 5.32 Å². The third-order valence-electron chi connectivity index (χ3n) is 4.82. The van der Waals surface area contributed by atoms with E-state index in [1.54, 1.807) is 0 Å². The van der Waals surface area contributed by atoms with Crippen LogP contribution in [0.25, 0.3) is 0 Å². The fourth-order valence-corrected chi connectivity index (χ4v) is 3.52. The van der Waals surface area contributed by atoms with E-state index in [4.69, 9.17) is 0 Å². The number of rotatable bonds is 11. The van der Waals surface area contributed by atoms with Crippen LogP contribution in [0.4, 0.5) is 0 Å². The summed E-state index contributed by atoms with van der Waals surface area (Å²) >= 11 is 0. The number of unbranched alkanes of at least 4 members (excludes halogenated alkanes) is 5. The monoisotopic (exact) mass is 267 g/mol. The molecule has 1 aliphatic rings. The van der Waals surface area contributed by atoms with E-state index in [0.29, 0.717) is 5.54 Å². The summed E-state index contributed by atoms with van der Waals surface area (Å²) < 4.78 is 0. The normalized spacial score (nSPS) is 19.7. The van der Waals surface area contributed by atoms with Crippen molar-refractivity contribution in [3.63, 3.8) is 0 Å². The maximum absolute atomic E-state index is 4.02. The van der Waals surface area contributed by atoms with Gasteiger partial charge in [-0.05, 0) is 32.6 Å². The Labute approximate surface area is 121 Å². The molecule has 1 saturated carbocycles. The Balaban J connectivity index is 2.30. The summed E-state index contributed by atoms with van der Waals surface area (Å²) in [5.41, 5.74) is 0.414. The summed E-state index contributed by atoms with van der Waals surface area (Å²) in [4.78, 5) is 0. The summed E-state index contributed by atoms with van der Waals surface area (Å²) in [5, 5.41) is 4.02. The van der Waals surface area contributed by atoms with E-state index >= 15 is 0 Å². The van der Waals surface area contributed by atoms with Gasteiger partial charge in [0.2, 0.25) is 0 Å². The zero-order valence-electron chi connectivity index (χ0n) is 13.8. The topological polar surface area (TPSA) is 12.0 Å². The first-order valence-electron chi connectivity index (χ1n) is 8.98. The molecule has 0 aromatic heterocycles. The second kappa shape index (κ2) is 9.80. The third-order valence-corrected chi connectivity index (χ3v) is 4.82. The van der Waals surface area contributed by atoms with E-state index < -0.39 is 0 Å². The first-order chi connectivity index (χ1) is 9.20. The smallest absolute Gasteiger partial charge is 0.0155 e. The van der Waals surface area contributed by atoms with Gasteiger partial charge in [-0.15, -0.1) is 0 Å². The zero-order chi connectivity index (χ0) is 14.0. The van der Waals surface area contributed by atoms with Gasteiger partial charge in [0.25, 0.3) is 0 Å². The molecule has 1 aliphatic carbocycles. The van der Waals surface area contributed by atoms with Crippen molar-refractivity contribution < 1.29 is 0 Å². The standard InChI is InChI=1S/C18H37N/c1-4-6-8-9-12-16-18(3,15-7-5-2)19-17-13-10-11-14-17/h17,19H,4-16H2,1-3H3. The molecule has 0 saturated heterocycles. The minimum absolute atomic E-state index is 0.414. The van der Waals surface area contributed by atoms with Crippen LogP contribution in [0.3, 0.4) is 0 Å². The van der Waals surface area contributed by atoms with Crippen molar-refractivity contribution in [1.29, 1.82) is 0 Å². The van der Waals surface area contributed by atoms with E-state index in [9.17, 15) is 0 Å². The predicted molar refractivity (Wildman–Crippen MR) is 86.7 cm³/mol. The lowest BCUT2D eigenvalue weighted by molar-refractivity contribution is 0.257. The van der Waals surface area contributed by atoms with Crippen LogP contribution >= 0.6 is 0 Å². The first-order valence-corrected chi connectivity index (χ1v) is 8.98. The Kier molecular flexibility index (Phi) is 8.77. The molecule has 1 atom stereocenters. The van der Waals surface area contributed by atoms with E-state index in [1.807, 2.05) is 0 Å². The largest absolute Gasteiger partial charge is 0.309 e. The average Bonchev–Trinajstić information content (AvgIpc) is 2.89. The lowest BCUT2D eigenvalue weighted by Crippen LogP contribution is -2.47. The van der Waals surface area contributed by atoms with Crippen molar-refractivity contribution in [3.8, 4) is 0 Å². The molecular formula is C18H37N. The fraction of sp³-hybridized carbons (Fsp3) is 1.00. The maximum Gasteiger partial charge on any atom is 0.0155 e. The predicted octanol–water partition coefficient (Wildman–Crippen LogP) is 5.83. The molecule has 114 valence electrons. The third kappa shape index (κ3) is 7.34. The van der Waals surface area contributed by atoms with Crippen molar-refractivity contribution in [2.24, 2.45) is 0 Å². The van der Waals surface area contributed by atoms with Gasteiger partial charge in [0.1, 0.15) is 0 Å². The van der Waals surface area contributed by atoms with Gasteiger partial charge in [-0.1, -0.05) is 71.6 Å². The second-order valence-corrected chi connectivity index (χ2v) is 6.95. The molecule has 0 bridgehead atoms. The van der Waals surface area contributed by atoms with Crippen molar-refractivity contribution in [3.05, 3.63) is 0 Å². The fourth-order valence-electron chi connectivity index (χ4n) is 3.52. The molecular weight excluding hydrogens is 230 g/mol. The average molecular weight is 268 g/mol. The van der Waals surface area contributed by atoms with Crippen LogP contribution in [0, 0.1) is 0 Å². The quantitative estimate of drug-likeness (QED) is 0.464. The van der Waals surface area contributed by atoms with Gasteiger partial charge >= 0.3 is 0 Å². The maximum atomic E-state index is 4.02. The highest BCUT2D eigenvalue weighted by Crippen LogP contribution is 2.27. The molecule has 1 fully saturated rings. The first kappa shape index (κ1) is 17.0. The van der Waals surface area contributed by atoms with Crippen LogP contribution in [0.15, 0.2) is 0 Å². The zero-order valence-corrected chi connectivity index (χ0v) is 13.8. The van der Waals surface area contributed by atoms with E-state index in [0.717, 1.165) is 6.04 Å². The molecule has 1 rings (SSSR count). The Morgan fingerprint density at radius 2 is 1.42 bits per heavy atom. The summed E-state index contributed by atoms with van der Waals surface area (Å²) in [6.07, 6.45) is 18.2. The summed E-state index contributed by atoms with van der Waals surface area (Å²) in [7, 11) is 0. The number of nitrogens with one attached hydrogen (secondary N) is 1. The van der Waals surface area contributed by atoms with Crippen molar-refractivity contribution in [2.75, 3.05) is 0 Å². The van der Waals surface area contributed by atoms with E-state index in [-0.39, 0.29) is 0 Å². The van der Waals surface area contributed by atoms with Crippen LogP contribution in [0.2, 0.25) is 0 Å². The molecule has 0 spiro atoms. The highest BCUT2D eigenvalue weighted by molar-refractivity contribution is 4.88. The van der Waals surface area contributed by atoms with Crippen LogP contribution in [0.1, 0.15) is 104 Å². The minimum Gasteiger partial charge on any atom is -0.309 e. The highest BCUT2D eigenvalue weighted by atomic mass is 15.0. The summed E-state index contributed by atoms with van der Waals surface area (Å²) in [5.74, 6) is 0. The van der Waals surface area contributed by atoms with Crippen LogP contribution in [-0.2, 0) is 0 Å². The lowest BCUT2D eigenvalue weighted by atomic mass is 9.87. The second-order valence-electron chi connectivity index (χ2n) is 6.95.